The molecule has 6 heteroatoms. The fraction of sp³-hybridized carbons (Fsp3) is 0.375. The lowest BCUT2D eigenvalue weighted by molar-refractivity contribution is 0.251. The third kappa shape index (κ3) is 3.60. The zero-order valence-corrected chi connectivity index (χ0v) is 14.1. The van der Waals surface area contributed by atoms with Gasteiger partial charge in [0.25, 0.3) is 0 Å². The number of benzene rings is 1. The van der Waals surface area contributed by atoms with E-state index < -0.39 is 0 Å². The first-order chi connectivity index (χ1) is 10.4. The number of hydrogen-bond acceptors (Lipinski definition) is 2. The van der Waals surface area contributed by atoms with E-state index in [0.29, 0.717) is 17.3 Å². The number of nitrogens with one attached hydrogen (secondary N) is 2. The Bertz CT molecular complexity index is 694. The molecule has 0 saturated heterocycles. The van der Waals surface area contributed by atoms with Gasteiger partial charge < -0.3 is 10.6 Å². The third-order valence-corrected chi connectivity index (χ3v) is 3.94. The van der Waals surface area contributed by atoms with Gasteiger partial charge in [-0.25, -0.2) is 4.79 Å². The number of rotatable bonds is 4. The van der Waals surface area contributed by atoms with Crippen LogP contribution >= 0.6 is 11.6 Å². The highest BCUT2D eigenvalue weighted by Gasteiger charge is 2.12. The number of hydrogen-bond donors (Lipinski definition) is 2. The molecule has 0 aliphatic rings. The van der Waals surface area contributed by atoms with E-state index in [9.17, 15) is 4.79 Å². The standard InChI is InChI=1S/C16H21ClN4O/c1-5-21-12(4)14(11(3)20-21)9-18-16(22)19-15-8-13(17)7-6-10(15)2/h6-8H,5,9H2,1-4H3,(H2,18,19,22). The van der Waals surface area contributed by atoms with Crippen LogP contribution in [0.15, 0.2) is 18.2 Å². The highest BCUT2D eigenvalue weighted by Crippen LogP contribution is 2.20. The van der Waals surface area contributed by atoms with Crippen LogP contribution in [0.5, 0.6) is 0 Å². The first kappa shape index (κ1) is 16.4. The molecule has 0 radical (unpaired) electrons. The molecule has 0 aliphatic carbocycles. The van der Waals surface area contributed by atoms with E-state index >= 15 is 0 Å². The molecule has 0 saturated carbocycles. The molecule has 2 rings (SSSR count). The van der Waals surface area contributed by atoms with Gasteiger partial charge in [0.15, 0.2) is 0 Å². The van der Waals surface area contributed by atoms with Crippen LogP contribution < -0.4 is 10.6 Å². The molecule has 0 atom stereocenters. The minimum absolute atomic E-state index is 0.256. The summed E-state index contributed by atoms with van der Waals surface area (Å²) in [6.45, 7) is 9.20. The van der Waals surface area contributed by atoms with Gasteiger partial charge >= 0.3 is 6.03 Å². The van der Waals surface area contributed by atoms with Gasteiger partial charge in [-0.15, -0.1) is 0 Å². The lowest BCUT2D eigenvalue weighted by Gasteiger charge is -2.10. The summed E-state index contributed by atoms with van der Waals surface area (Å²) in [5.41, 5.74) is 4.76. The molecule has 0 bridgehead atoms. The second-order valence-electron chi connectivity index (χ2n) is 5.23. The average Bonchev–Trinajstić information content (AvgIpc) is 2.75. The number of halogens is 1. The number of aryl methyl sites for hydroxylation is 3. The van der Waals surface area contributed by atoms with Gasteiger partial charge in [-0.3, -0.25) is 4.68 Å². The highest BCUT2D eigenvalue weighted by atomic mass is 35.5. The molecule has 2 amide bonds. The molecular formula is C16H21ClN4O. The summed E-state index contributed by atoms with van der Waals surface area (Å²) < 4.78 is 1.94. The zero-order chi connectivity index (χ0) is 16.3. The fourth-order valence-corrected chi connectivity index (χ4v) is 2.53. The van der Waals surface area contributed by atoms with Crippen molar-refractivity contribution in [1.82, 2.24) is 15.1 Å². The quantitative estimate of drug-likeness (QED) is 0.900. The molecular weight excluding hydrogens is 300 g/mol. The monoisotopic (exact) mass is 320 g/mol. The number of anilines is 1. The van der Waals surface area contributed by atoms with Gasteiger partial charge in [0.05, 0.1) is 5.69 Å². The molecule has 1 aromatic heterocycles. The maximum Gasteiger partial charge on any atom is 0.319 e. The van der Waals surface area contributed by atoms with E-state index in [4.69, 9.17) is 11.6 Å². The van der Waals surface area contributed by atoms with E-state index in [-0.39, 0.29) is 6.03 Å². The van der Waals surface area contributed by atoms with E-state index in [2.05, 4.69) is 15.7 Å². The van der Waals surface area contributed by atoms with Crippen LogP contribution in [0.1, 0.15) is 29.4 Å². The van der Waals surface area contributed by atoms with Crippen LogP contribution in [-0.4, -0.2) is 15.8 Å². The van der Waals surface area contributed by atoms with Crippen LogP contribution in [0.4, 0.5) is 10.5 Å². The summed E-state index contributed by atoms with van der Waals surface area (Å²) in [5.74, 6) is 0. The van der Waals surface area contributed by atoms with Gasteiger partial charge in [0.2, 0.25) is 0 Å². The minimum atomic E-state index is -0.256. The Morgan fingerprint density at radius 1 is 1.32 bits per heavy atom. The molecule has 2 N–H and O–H groups in total. The molecule has 5 nitrogen and oxygen atoms in total. The molecule has 0 spiro atoms. The summed E-state index contributed by atoms with van der Waals surface area (Å²) in [6.07, 6.45) is 0. The average molecular weight is 321 g/mol. The van der Waals surface area contributed by atoms with Crippen molar-refractivity contribution in [2.45, 2.75) is 40.8 Å². The normalized spacial score (nSPS) is 10.6. The molecule has 1 aromatic carbocycles. The van der Waals surface area contributed by atoms with Crippen molar-refractivity contribution in [2.24, 2.45) is 0 Å². The second kappa shape index (κ2) is 6.83. The third-order valence-electron chi connectivity index (χ3n) is 3.70. The number of carbonyl (C=O) groups excluding carboxylic acids is 1. The highest BCUT2D eigenvalue weighted by molar-refractivity contribution is 6.31. The largest absolute Gasteiger partial charge is 0.334 e. The van der Waals surface area contributed by atoms with Crippen molar-refractivity contribution in [3.05, 3.63) is 45.7 Å². The Balaban J connectivity index is 2.01. The molecule has 2 aromatic rings. The zero-order valence-electron chi connectivity index (χ0n) is 13.3. The Labute approximate surface area is 135 Å². The number of amides is 2. The number of nitrogens with zero attached hydrogens (tertiary/aromatic N) is 2. The van der Waals surface area contributed by atoms with Crippen molar-refractivity contribution < 1.29 is 4.79 Å². The maximum absolute atomic E-state index is 12.1. The van der Waals surface area contributed by atoms with Gasteiger partial charge in [0, 0.05) is 35.1 Å². The van der Waals surface area contributed by atoms with Crippen LogP contribution in [0, 0.1) is 20.8 Å². The predicted molar refractivity (Wildman–Crippen MR) is 89.4 cm³/mol. The van der Waals surface area contributed by atoms with Crippen molar-refractivity contribution >= 4 is 23.3 Å². The lowest BCUT2D eigenvalue weighted by atomic mass is 10.2. The summed E-state index contributed by atoms with van der Waals surface area (Å²) in [4.78, 5) is 12.1. The van der Waals surface area contributed by atoms with Crippen molar-refractivity contribution in [3.63, 3.8) is 0 Å². The Morgan fingerprint density at radius 2 is 2.05 bits per heavy atom. The summed E-state index contributed by atoms with van der Waals surface area (Å²) >= 11 is 5.95. The van der Waals surface area contributed by atoms with Gasteiger partial charge in [-0.05, 0) is 45.4 Å². The predicted octanol–water partition coefficient (Wildman–Crippen LogP) is 3.80. The Kier molecular flexibility index (Phi) is 5.08. The lowest BCUT2D eigenvalue weighted by Crippen LogP contribution is -2.28. The smallest absolute Gasteiger partial charge is 0.319 e. The fourth-order valence-electron chi connectivity index (χ4n) is 2.36. The summed E-state index contributed by atoms with van der Waals surface area (Å²) in [7, 11) is 0. The van der Waals surface area contributed by atoms with Crippen LogP contribution in [-0.2, 0) is 13.1 Å². The van der Waals surface area contributed by atoms with Crippen LogP contribution in [0.2, 0.25) is 5.02 Å². The van der Waals surface area contributed by atoms with Gasteiger partial charge in [0.1, 0.15) is 0 Å². The number of carbonyl (C=O) groups is 1. The SMILES string of the molecule is CCn1nc(C)c(CNC(=O)Nc2cc(Cl)ccc2C)c1C. The molecule has 22 heavy (non-hydrogen) atoms. The van der Waals surface area contributed by atoms with E-state index in [1.165, 1.54) is 0 Å². The Morgan fingerprint density at radius 3 is 2.68 bits per heavy atom. The van der Waals surface area contributed by atoms with E-state index in [1.807, 2.05) is 38.4 Å². The Hall–Kier alpha value is -2.01. The van der Waals surface area contributed by atoms with Crippen LogP contribution in [0.25, 0.3) is 0 Å². The molecule has 0 unspecified atom stereocenters. The van der Waals surface area contributed by atoms with E-state index in [0.717, 1.165) is 29.1 Å². The molecule has 0 aliphatic heterocycles. The number of aromatic nitrogens is 2. The molecule has 1 heterocycles. The molecule has 118 valence electrons. The van der Waals surface area contributed by atoms with Crippen molar-refractivity contribution in [1.29, 1.82) is 0 Å². The van der Waals surface area contributed by atoms with Crippen molar-refractivity contribution in [3.8, 4) is 0 Å². The number of urea groups is 1. The minimum Gasteiger partial charge on any atom is -0.334 e. The molecule has 0 fully saturated rings. The van der Waals surface area contributed by atoms with Crippen LogP contribution in [0.3, 0.4) is 0 Å². The van der Waals surface area contributed by atoms with E-state index in [1.54, 1.807) is 12.1 Å². The summed E-state index contributed by atoms with van der Waals surface area (Å²) in [5, 5.41) is 10.7. The first-order valence-corrected chi connectivity index (χ1v) is 7.64. The van der Waals surface area contributed by atoms with Gasteiger partial charge in [-0.1, -0.05) is 17.7 Å². The maximum atomic E-state index is 12.1. The first-order valence-electron chi connectivity index (χ1n) is 7.26. The second-order valence-corrected chi connectivity index (χ2v) is 5.67. The van der Waals surface area contributed by atoms with Gasteiger partial charge in [-0.2, -0.15) is 5.10 Å². The topological polar surface area (TPSA) is 59.0 Å². The van der Waals surface area contributed by atoms with Crippen molar-refractivity contribution in [2.75, 3.05) is 5.32 Å². The summed E-state index contributed by atoms with van der Waals surface area (Å²) in [6, 6.07) is 5.15.